The molecule has 0 amide bonds. The smallest absolute Gasteiger partial charge is 0.243 e. The Morgan fingerprint density at radius 1 is 1.21 bits per heavy atom. The van der Waals surface area contributed by atoms with Crippen molar-refractivity contribution in [1.82, 2.24) is 29.7 Å². The van der Waals surface area contributed by atoms with Crippen LogP contribution in [0.4, 0.5) is 5.95 Å². The SMILES string of the molecule is C=C1COc2ncccc2-c2nnc(NS(=O)(=O)C(C)C(OC(C)C)c3ncc(Cl)cn3)n21. The highest BCUT2D eigenvalue weighted by molar-refractivity contribution is 7.93. The van der Waals surface area contributed by atoms with Crippen molar-refractivity contribution in [2.45, 2.75) is 38.2 Å². The second-order valence-electron chi connectivity index (χ2n) is 7.61. The topological polar surface area (TPSA) is 134 Å². The molecule has 3 aromatic rings. The zero-order valence-corrected chi connectivity index (χ0v) is 19.7. The number of aromatic nitrogens is 6. The van der Waals surface area contributed by atoms with Gasteiger partial charge in [0.25, 0.3) is 0 Å². The van der Waals surface area contributed by atoms with Crippen molar-refractivity contribution in [3.8, 4) is 17.3 Å². The van der Waals surface area contributed by atoms with Gasteiger partial charge in [-0.3, -0.25) is 9.29 Å². The number of nitrogens with one attached hydrogen (secondary N) is 1. The molecule has 4 heterocycles. The lowest BCUT2D eigenvalue weighted by Crippen LogP contribution is -2.35. The van der Waals surface area contributed by atoms with Gasteiger partial charge in [0, 0.05) is 18.6 Å². The van der Waals surface area contributed by atoms with E-state index in [0.29, 0.717) is 28.0 Å². The van der Waals surface area contributed by atoms with Gasteiger partial charge in [-0.25, -0.2) is 23.4 Å². The highest BCUT2D eigenvalue weighted by Crippen LogP contribution is 2.34. The molecule has 4 rings (SSSR count). The number of hydrogen-bond acceptors (Lipinski definition) is 9. The Labute approximate surface area is 195 Å². The van der Waals surface area contributed by atoms with Crippen LogP contribution >= 0.6 is 11.6 Å². The molecule has 0 spiro atoms. The van der Waals surface area contributed by atoms with Crippen LogP contribution in [0.15, 0.2) is 37.3 Å². The third-order valence-corrected chi connectivity index (χ3v) is 6.72. The summed E-state index contributed by atoms with van der Waals surface area (Å²) < 4.78 is 42.3. The molecule has 1 N–H and O–H groups in total. The molecule has 0 aliphatic carbocycles. The van der Waals surface area contributed by atoms with E-state index in [-0.39, 0.29) is 24.5 Å². The molecule has 1 aliphatic rings. The Hall–Kier alpha value is -3.09. The number of hydrogen-bond donors (Lipinski definition) is 1. The first-order chi connectivity index (χ1) is 15.7. The second-order valence-corrected chi connectivity index (χ2v) is 10.1. The van der Waals surface area contributed by atoms with Crippen LogP contribution in [0, 0.1) is 0 Å². The van der Waals surface area contributed by atoms with Crippen molar-refractivity contribution in [2.75, 3.05) is 11.3 Å². The molecule has 0 radical (unpaired) electrons. The lowest BCUT2D eigenvalue weighted by molar-refractivity contribution is 0.00154. The van der Waals surface area contributed by atoms with Gasteiger partial charge in [0.05, 0.1) is 22.4 Å². The Balaban J connectivity index is 1.68. The first kappa shape index (κ1) is 23.1. The van der Waals surface area contributed by atoms with E-state index >= 15 is 0 Å². The minimum absolute atomic E-state index is 0.0255. The van der Waals surface area contributed by atoms with Gasteiger partial charge < -0.3 is 9.47 Å². The predicted octanol–water partition coefficient (Wildman–Crippen LogP) is 2.94. The van der Waals surface area contributed by atoms with Crippen molar-refractivity contribution < 1.29 is 17.9 Å². The number of rotatable bonds is 7. The van der Waals surface area contributed by atoms with Gasteiger partial charge in [-0.15, -0.1) is 10.2 Å². The molecular formula is C20H22ClN7O4S. The fraction of sp³-hybridized carbons (Fsp3) is 0.350. The molecule has 2 atom stereocenters. The average molecular weight is 492 g/mol. The van der Waals surface area contributed by atoms with Crippen molar-refractivity contribution in [1.29, 1.82) is 0 Å². The molecule has 11 nitrogen and oxygen atoms in total. The lowest BCUT2D eigenvalue weighted by Gasteiger charge is -2.25. The minimum atomic E-state index is -4.04. The first-order valence-corrected chi connectivity index (χ1v) is 12.0. The molecular weight excluding hydrogens is 470 g/mol. The zero-order valence-electron chi connectivity index (χ0n) is 18.1. The summed E-state index contributed by atoms with van der Waals surface area (Å²) in [6, 6.07) is 3.48. The summed E-state index contributed by atoms with van der Waals surface area (Å²) in [5.41, 5.74) is 1.01. The minimum Gasteiger partial charge on any atom is -0.471 e. The predicted molar refractivity (Wildman–Crippen MR) is 122 cm³/mol. The normalized spacial score (nSPS) is 15.2. The third-order valence-electron chi connectivity index (χ3n) is 4.83. The maximum atomic E-state index is 13.4. The first-order valence-electron chi connectivity index (χ1n) is 10.0. The van der Waals surface area contributed by atoms with Crippen LogP contribution in [-0.4, -0.2) is 56.1 Å². The monoisotopic (exact) mass is 491 g/mol. The number of anilines is 1. The summed E-state index contributed by atoms with van der Waals surface area (Å²) in [6.07, 6.45) is 3.13. The quantitative estimate of drug-likeness (QED) is 0.529. The van der Waals surface area contributed by atoms with E-state index in [9.17, 15) is 8.42 Å². The molecule has 0 fully saturated rings. The van der Waals surface area contributed by atoms with Crippen LogP contribution < -0.4 is 9.46 Å². The van der Waals surface area contributed by atoms with Crippen molar-refractivity contribution >= 4 is 33.3 Å². The third kappa shape index (κ3) is 4.68. The van der Waals surface area contributed by atoms with E-state index in [2.05, 4.69) is 36.5 Å². The molecule has 0 aromatic carbocycles. The molecule has 13 heteroatoms. The molecule has 1 aliphatic heterocycles. The Kier molecular flexibility index (Phi) is 6.32. The van der Waals surface area contributed by atoms with Gasteiger partial charge in [0.2, 0.25) is 21.9 Å². The summed E-state index contributed by atoms with van der Waals surface area (Å²) in [5, 5.41) is 7.44. The Morgan fingerprint density at radius 3 is 2.64 bits per heavy atom. The summed E-state index contributed by atoms with van der Waals surface area (Å²) in [7, 11) is -4.04. The van der Waals surface area contributed by atoms with Crippen LogP contribution in [-0.2, 0) is 14.8 Å². The van der Waals surface area contributed by atoms with Crippen LogP contribution in [0.2, 0.25) is 5.02 Å². The van der Waals surface area contributed by atoms with Crippen LogP contribution in [0.5, 0.6) is 5.88 Å². The lowest BCUT2D eigenvalue weighted by atomic mass is 10.2. The van der Waals surface area contributed by atoms with Crippen LogP contribution in [0.1, 0.15) is 32.7 Å². The molecule has 174 valence electrons. The van der Waals surface area contributed by atoms with Crippen LogP contribution in [0.3, 0.4) is 0 Å². The van der Waals surface area contributed by atoms with E-state index in [1.54, 1.807) is 32.2 Å². The van der Waals surface area contributed by atoms with Crippen molar-refractivity contribution in [3.63, 3.8) is 0 Å². The molecule has 2 unspecified atom stereocenters. The summed E-state index contributed by atoms with van der Waals surface area (Å²) in [4.78, 5) is 12.5. The standard InChI is InChI=1S/C20H22ClN7O4S/c1-11(2)32-16(17-23-8-14(21)9-24-17)13(4)33(29,30)27-20-26-25-18-15-6-5-7-22-19(15)31-10-12(3)28(18)20/h5-9,11,13,16H,3,10H2,1-2,4H3,(H,26,27). The highest BCUT2D eigenvalue weighted by Gasteiger charge is 2.36. The summed E-state index contributed by atoms with van der Waals surface area (Å²) in [5.74, 6) is 0.895. The number of halogens is 1. The number of nitrogens with zero attached hydrogens (tertiary/aromatic N) is 6. The van der Waals surface area contributed by atoms with Gasteiger partial charge in [-0.1, -0.05) is 18.2 Å². The fourth-order valence-electron chi connectivity index (χ4n) is 3.24. The van der Waals surface area contributed by atoms with Gasteiger partial charge in [-0.2, -0.15) is 0 Å². The Bertz CT molecular complexity index is 1280. The van der Waals surface area contributed by atoms with Crippen molar-refractivity contribution in [2.24, 2.45) is 0 Å². The number of pyridine rings is 1. The second kappa shape index (κ2) is 9.04. The fourth-order valence-corrected chi connectivity index (χ4v) is 4.42. The maximum Gasteiger partial charge on any atom is 0.243 e. The van der Waals surface area contributed by atoms with E-state index in [1.165, 1.54) is 23.9 Å². The highest BCUT2D eigenvalue weighted by atomic mass is 35.5. The molecule has 33 heavy (non-hydrogen) atoms. The van der Waals surface area contributed by atoms with Gasteiger partial charge in [0.15, 0.2) is 11.6 Å². The van der Waals surface area contributed by atoms with E-state index in [1.807, 2.05) is 0 Å². The largest absolute Gasteiger partial charge is 0.471 e. The molecule has 0 bridgehead atoms. The number of ether oxygens (including phenoxy) is 2. The van der Waals surface area contributed by atoms with Gasteiger partial charge >= 0.3 is 0 Å². The van der Waals surface area contributed by atoms with Crippen molar-refractivity contribution in [3.05, 3.63) is 48.1 Å². The van der Waals surface area contributed by atoms with E-state index in [0.717, 1.165) is 0 Å². The summed E-state index contributed by atoms with van der Waals surface area (Å²) in [6.45, 7) is 9.15. The van der Waals surface area contributed by atoms with E-state index < -0.39 is 21.4 Å². The number of sulfonamides is 1. The average Bonchev–Trinajstić information content (AvgIpc) is 3.12. The zero-order chi connectivity index (χ0) is 23.8. The Morgan fingerprint density at radius 2 is 1.94 bits per heavy atom. The number of fused-ring (bicyclic) bond motifs is 3. The summed E-state index contributed by atoms with van der Waals surface area (Å²) >= 11 is 5.88. The van der Waals surface area contributed by atoms with Gasteiger partial charge in [-0.05, 0) is 32.9 Å². The molecule has 3 aromatic heterocycles. The van der Waals surface area contributed by atoms with Crippen LogP contribution in [0.25, 0.3) is 17.1 Å². The van der Waals surface area contributed by atoms with E-state index in [4.69, 9.17) is 21.1 Å². The van der Waals surface area contributed by atoms with Gasteiger partial charge in [0.1, 0.15) is 18.0 Å². The maximum absolute atomic E-state index is 13.4. The molecule has 0 saturated carbocycles. The molecule has 0 saturated heterocycles.